The second kappa shape index (κ2) is 8.30. The summed E-state index contributed by atoms with van der Waals surface area (Å²) >= 11 is 0. The Labute approximate surface area is 146 Å². The summed E-state index contributed by atoms with van der Waals surface area (Å²) in [4.78, 5) is 11.7. The van der Waals surface area contributed by atoms with E-state index in [2.05, 4.69) is 0 Å². The van der Waals surface area contributed by atoms with Gasteiger partial charge in [0.2, 0.25) is 0 Å². The average molecular weight is 375 g/mol. The number of hydrogen-bond donors (Lipinski definition) is 0. The molecule has 0 amide bonds. The number of carbonyl (C=O) groups excluding carboxylic acids is 1. The minimum absolute atomic E-state index is 0.0141. The van der Waals surface area contributed by atoms with E-state index in [9.17, 15) is 18.0 Å². The largest absolute Gasteiger partial charge is 0.466 e. The van der Waals surface area contributed by atoms with E-state index in [-0.39, 0.29) is 30.6 Å². The zero-order chi connectivity index (χ0) is 19.4. The summed E-state index contributed by atoms with van der Waals surface area (Å²) in [5, 5.41) is 0. The zero-order valence-corrected chi connectivity index (χ0v) is 17.0. The van der Waals surface area contributed by atoms with Crippen molar-refractivity contribution in [3.05, 3.63) is 0 Å². The van der Waals surface area contributed by atoms with Crippen LogP contribution in [0.5, 0.6) is 0 Å². The molecule has 0 aromatic carbocycles. The van der Waals surface area contributed by atoms with Crippen molar-refractivity contribution in [2.24, 2.45) is 5.41 Å². The quantitative estimate of drug-likeness (QED) is 0.578. The fourth-order valence-corrected chi connectivity index (χ4v) is 3.17. The maximum absolute atomic E-state index is 13.4. The third-order valence-electron chi connectivity index (χ3n) is 4.46. The summed E-state index contributed by atoms with van der Waals surface area (Å²) in [5.41, 5.74) is -1.89. The third kappa shape index (κ3) is 5.55. The summed E-state index contributed by atoms with van der Waals surface area (Å²) in [5.74, 6) is -0.632. The Hall–Kier alpha value is -0.430. The van der Waals surface area contributed by atoms with Gasteiger partial charge in [-0.3, -0.25) is 4.79 Å². The smallest absolute Gasteiger partial charge is 0.397 e. The molecule has 1 rings (SSSR count). The minimum atomic E-state index is -4.36. The van der Waals surface area contributed by atoms with Crippen LogP contribution in [0, 0.1) is 5.41 Å². The number of alkyl halides is 3. The predicted octanol–water partition coefficient (Wildman–Crippen LogP) is 5.47. The highest BCUT2D eigenvalue weighted by atomic mass is 32.3. The predicted molar refractivity (Wildman–Crippen MR) is 94.4 cm³/mol. The first kappa shape index (κ1) is 23.6. The first-order valence-corrected chi connectivity index (χ1v) is 10.8. The van der Waals surface area contributed by atoms with Crippen molar-refractivity contribution in [1.29, 1.82) is 0 Å². The second-order valence-electron chi connectivity index (χ2n) is 7.09. The van der Waals surface area contributed by atoms with Gasteiger partial charge in [0.1, 0.15) is 0 Å². The molecular formula is C17H33F3O3S. The number of esters is 1. The summed E-state index contributed by atoms with van der Waals surface area (Å²) in [6.45, 7) is 11.6. The van der Waals surface area contributed by atoms with E-state index < -0.39 is 34.0 Å². The van der Waals surface area contributed by atoms with Gasteiger partial charge < -0.3 is 8.92 Å². The Morgan fingerprint density at radius 3 is 1.92 bits per heavy atom. The summed E-state index contributed by atoms with van der Waals surface area (Å²) in [7, 11) is -1.77. The van der Waals surface area contributed by atoms with Crippen molar-refractivity contribution in [3.8, 4) is 0 Å². The first-order valence-electron chi connectivity index (χ1n) is 8.40. The van der Waals surface area contributed by atoms with Crippen LogP contribution in [0.3, 0.4) is 0 Å². The standard InChI is InChI=1S/C15H27F3O3S.C2H6/c1-7-20-12(19)10-11(14(8-9-14)15(16,17)18)21-22(5,6)13(2,3)4;1-2/h11H,7-10H2,1-6H3;1-2H3. The van der Waals surface area contributed by atoms with E-state index >= 15 is 0 Å². The molecule has 7 heteroatoms. The lowest BCUT2D eigenvalue weighted by Gasteiger charge is -2.47. The van der Waals surface area contributed by atoms with Crippen LogP contribution < -0.4 is 0 Å². The molecule has 146 valence electrons. The molecule has 0 aromatic heterocycles. The van der Waals surface area contributed by atoms with Crippen LogP contribution >= 0.6 is 10.3 Å². The second-order valence-corrected chi connectivity index (χ2v) is 11.0. The molecule has 0 N–H and O–H groups in total. The first-order chi connectivity index (χ1) is 10.8. The Morgan fingerprint density at radius 1 is 1.17 bits per heavy atom. The van der Waals surface area contributed by atoms with Gasteiger partial charge in [-0.15, -0.1) is 10.3 Å². The van der Waals surface area contributed by atoms with Crippen LogP contribution in [0.2, 0.25) is 0 Å². The van der Waals surface area contributed by atoms with Crippen molar-refractivity contribution >= 4 is 16.3 Å². The van der Waals surface area contributed by atoms with E-state index in [1.807, 2.05) is 47.1 Å². The lowest BCUT2D eigenvalue weighted by Crippen LogP contribution is -2.42. The summed E-state index contributed by atoms with van der Waals surface area (Å²) in [6, 6.07) is 0. The van der Waals surface area contributed by atoms with Crippen molar-refractivity contribution in [3.63, 3.8) is 0 Å². The van der Waals surface area contributed by atoms with Crippen LogP contribution in [0.4, 0.5) is 13.2 Å². The van der Waals surface area contributed by atoms with Gasteiger partial charge in [0.15, 0.2) is 0 Å². The van der Waals surface area contributed by atoms with Crippen LogP contribution in [0.15, 0.2) is 0 Å². The number of rotatable bonds is 6. The monoisotopic (exact) mass is 374 g/mol. The van der Waals surface area contributed by atoms with Gasteiger partial charge in [0.25, 0.3) is 0 Å². The summed E-state index contributed by atoms with van der Waals surface area (Å²) in [6.07, 6.45) is -2.16. The maximum Gasteiger partial charge on any atom is 0.397 e. The molecule has 0 heterocycles. The highest BCUT2D eigenvalue weighted by Gasteiger charge is 2.68. The molecule has 1 saturated carbocycles. The van der Waals surface area contributed by atoms with Crippen LogP contribution in [-0.2, 0) is 13.7 Å². The van der Waals surface area contributed by atoms with E-state index in [1.165, 1.54) is 0 Å². The molecular weight excluding hydrogens is 341 g/mol. The van der Waals surface area contributed by atoms with Gasteiger partial charge in [0.05, 0.1) is 24.5 Å². The normalized spacial score (nSPS) is 19.0. The van der Waals surface area contributed by atoms with E-state index in [4.69, 9.17) is 8.92 Å². The third-order valence-corrected chi connectivity index (χ3v) is 8.12. The molecule has 0 radical (unpaired) electrons. The number of carbonyl (C=O) groups is 1. The topological polar surface area (TPSA) is 35.5 Å². The van der Waals surface area contributed by atoms with Crippen LogP contribution in [0.1, 0.15) is 60.8 Å². The lowest BCUT2D eigenvalue weighted by molar-refractivity contribution is -0.211. The molecule has 3 nitrogen and oxygen atoms in total. The molecule has 0 aliphatic heterocycles. The number of halogens is 3. The van der Waals surface area contributed by atoms with Crippen molar-refractivity contribution in [2.75, 3.05) is 19.1 Å². The summed E-state index contributed by atoms with van der Waals surface area (Å²) < 4.78 is 50.8. The van der Waals surface area contributed by atoms with Crippen LogP contribution in [-0.4, -0.2) is 42.1 Å². The van der Waals surface area contributed by atoms with Crippen molar-refractivity contribution < 1.29 is 26.9 Å². The zero-order valence-electron chi connectivity index (χ0n) is 16.2. The molecule has 24 heavy (non-hydrogen) atoms. The highest BCUT2D eigenvalue weighted by molar-refractivity contribution is 8.29. The maximum atomic E-state index is 13.4. The number of ether oxygens (including phenoxy) is 1. The van der Waals surface area contributed by atoms with Gasteiger partial charge >= 0.3 is 12.1 Å². The fourth-order valence-electron chi connectivity index (χ4n) is 2.05. The molecule has 0 aromatic rings. The van der Waals surface area contributed by atoms with Crippen molar-refractivity contribution in [2.45, 2.75) is 77.8 Å². The Bertz CT molecular complexity index is 410. The van der Waals surface area contributed by atoms with E-state index in [0.29, 0.717) is 0 Å². The molecule has 1 fully saturated rings. The lowest BCUT2D eigenvalue weighted by atomic mass is 9.96. The average Bonchev–Trinajstić information content (AvgIpc) is 3.19. The fraction of sp³-hybridized carbons (Fsp3) is 0.941. The molecule has 0 saturated heterocycles. The Kier molecular flexibility index (Phi) is 8.15. The van der Waals surface area contributed by atoms with Gasteiger partial charge in [-0.05, 0) is 32.3 Å². The SMILES string of the molecule is CC.CCOC(=O)CC(OS(C)(C)C(C)(C)C)C1(C(F)(F)F)CC1. The number of hydrogen-bond acceptors (Lipinski definition) is 3. The van der Waals surface area contributed by atoms with Gasteiger partial charge in [-0.2, -0.15) is 13.2 Å². The molecule has 1 aliphatic carbocycles. The molecule has 0 bridgehead atoms. The van der Waals surface area contributed by atoms with Gasteiger partial charge in [-0.25, -0.2) is 0 Å². The molecule has 1 unspecified atom stereocenters. The van der Waals surface area contributed by atoms with Gasteiger partial charge in [0, 0.05) is 4.75 Å². The van der Waals surface area contributed by atoms with Crippen molar-refractivity contribution in [1.82, 2.24) is 0 Å². The van der Waals surface area contributed by atoms with E-state index in [0.717, 1.165) is 0 Å². The van der Waals surface area contributed by atoms with Gasteiger partial charge in [-0.1, -0.05) is 34.6 Å². The Morgan fingerprint density at radius 2 is 1.62 bits per heavy atom. The minimum Gasteiger partial charge on any atom is -0.466 e. The molecule has 1 aliphatic rings. The Balaban J connectivity index is 0.00000254. The molecule has 0 spiro atoms. The molecule has 1 atom stereocenters. The highest BCUT2D eigenvalue weighted by Crippen LogP contribution is 2.65. The van der Waals surface area contributed by atoms with Crippen LogP contribution in [0.25, 0.3) is 0 Å². The van der Waals surface area contributed by atoms with E-state index in [1.54, 1.807) is 6.92 Å².